The number of carbonyl (C=O) groups excluding carboxylic acids is 1. The second kappa shape index (κ2) is 7.24. The van der Waals surface area contributed by atoms with Crippen molar-refractivity contribution in [2.24, 2.45) is 0 Å². The molecule has 1 atom stereocenters. The average molecular weight is 281 g/mol. The Morgan fingerprint density at radius 2 is 1.90 bits per heavy atom. The van der Waals surface area contributed by atoms with Crippen molar-refractivity contribution in [3.05, 3.63) is 72.6 Å². The van der Waals surface area contributed by atoms with Crippen LogP contribution in [0.4, 0.5) is 5.69 Å². The maximum Gasteiger partial charge on any atom is 0.251 e. The number of hydrogen-bond donors (Lipinski definition) is 2. The zero-order chi connectivity index (χ0) is 15.1. The van der Waals surface area contributed by atoms with Crippen LogP contribution < -0.4 is 10.6 Å². The van der Waals surface area contributed by atoms with Gasteiger partial charge in [0.1, 0.15) is 0 Å². The van der Waals surface area contributed by atoms with Gasteiger partial charge in [-0.1, -0.05) is 6.08 Å². The van der Waals surface area contributed by atoms with Crippen molar-refractivity contribution in [1.82, 2.24) is 10.3 Å². The van der Waals surface area contributed by atoms with E-state index in [1.807, 2.05) is 24.3 Å². The Balaban J connectivity index is 1.99. The summed E-state index contributed by atoms with van der Waals surface area (Å²) in [6.07, 6.45) is 5.21. The van der Waals surface area contributed by atoms with Crippen LogP contribution in [0, 0.1) is 0 Å². The van der Waals surface area contributed by atoms with E-state index in [-0.39, 0.29) is 11.9 Å². The van der Waals surface area contributed by atoms with Gasteiger partial charge in [-0.05, 0) is 48.9 Å². The molecule has 0 aliphatic heterocycles. The van der Waals surface area contributed by atoms with E-state index in [9.17, 15) is 4.79 Å². The van der Waals surface area contributed by atoms with Crippen LogP contribution in [0.2, 0.25) is 0 Å². The molecule has 0 radical (unpaired) electrons. The summed E-state index contributed by atoms with van der Waals surface area (Å²) in [4.78, 5) is 15.8. The summed E-state index contributed by atoms with van der Waals surface area (Å²) in [5.41, 5.74) is 2.77. The number of amides is 1. The molecule has 0 fully saturated rings. The number of benzene rings is 1. The minimum Gasteiger partial charge on any atom is -0.379 e. The molecule has 4 nitrogen and oxygen atoms in total. The Bertz CT molecular complexity index is 593. The standard InChI is InChI=1S/C17H19N3O/c1-3-10-19-17(21)15-4-6-16(7-5-15)20-13(2)14-8-11-18-12-9-14/h3-9,11-13,20H,1,10H2,2H3,(H,19,21). The molecule has 4 heteroatoms. The molecule has 2 rings (SSSR count). The van der Waals surface area contributed by atoms with Gasteiger partial charge in [0.2, 0.25) is 0 Å². The van der Waals surface area contributed by atoms with Crippen molar-refractivity contribution in [1.29, 1.82) is 0 Å². The number of hydrogen-bond acceptors (Lipinski definition) is 3. The monoisotopic (exact) mass is 281 g/mol. The van der Waals surface area contributed by atoms with E-state index in [0.29, 0.717) is 12.1 Å². The summed E-state index contributed by atoms with van der Waals surface area (Å²) in [7, 11) is 0. The summed E-state index contributed by atoms with van der Waals surface area (Å²) in [6.45, 7) is 6.13. The molecule has 0 saturated heterocycles. The van der Waals surface area contributed by atoms with E-state index in [1.54, 1.807) is 30.6 Å². The molecule has 0 saturated carbocycles. The van der Waals surface area contributed by atoms with E-state index in [2.05, 4.69) is 29.1 Å². The van der Waals surface area contributed by atoms with Crippen molar-refractivity contribution in [2.45, 2.75) is 13.0 Å². The fourth-order valence-electron chi connectivity index (χ4n) is 1.97. The molecule has 1 unspecified atom stereocenters. The molecule has 1 amide bonds. The predicted molar refractivity (Wildman–Crippen MR) is 85.2 cm³/mol. The number of anilines is 1. The largest absolute Gasteiger partial charge is 0.379 e. The smallest absolute Gasteiger partial charge is 0.251 e. The van der Waals surface area contributed by atoms with Gasteiger partial charge in [0.25, 0.3) is 5.91 Å². The molecule has 1 heterocycles. The van der Waals surface area contributed by atoms with Crippen molar-refractivity contribution in [3.8, 4) is 0 Å². The lowest BCUT2D eigenvalue weighted by Gasteiger charge is -2.15. The topological polar surface area (TPSA) is 54.0 Å². The summed E-state index contributed by atoms with van der Waals surface area (Å²) in [5, 5.41) is 6.14. The van der Waals surface area contributed by atoms with Gasteiger partial charge >= 0.3 is 0 Å². The van der Waals surface area contributed by atoms with Gasteiger partial charge < -0.3 is 10.6 Å². The number of aromatic nitrogens is 1. The van der Waals surface area contributed by atoms with Gasteiger partial charge in [-0.15, -0.1) is 6.58 Å². The first-order valence-corrected chi connectivity index (χ1v) is 6.86. The van der Waals surface area contributed by atoms with Crippen LogP contribution in [0.3, 0.4) is 0 Å². The van der Waals surface area contributed by atoms with Crippen LogP contribution >= 0.6 is 0 Å². The first-order valence-electron chi connectivity index (χ1n) is 6.86. The maximum atomic E-state index is 11.8. The second-order valence-electron chi connectivity index (χ2n) is 4.72. The third kappa shape index (κ3) is 4.18. The Morgan fingerprint density at radius 3 is 2.52 bits per heavy atom. The van der Waals surface area contributed by atoms with Crippen molar-refractivity contribution in [3.63, 3.8) is 0 Å². The molecule has 0 aliphatic rings. The van der Waals surface area contributed by atoms with Crippen molar-refractivity contribution < 1.29 is 4.79 Å². The van der Waals surface area contributed by atoms with Gasteiger partial charge in [-0.2, -0.15) is 0 Å². The molecule has 0 spiro atoms. The summed E-state index contributed by atoms with van der Waals surface area (Å²) < 4.78 is 0. The van der Waals surface area contributed by atoms with Crippen LogP contribution in [0.25, 0.3) is 0 Å². The van der Waals surface area contributed by atoms with Crippen LogP contribution in [-0.2, 0) is 0 Å². The molecular weight excluding hydrogens is 262 g/mol. The molecule has 0 aliphatic carbocycles. The first-order chi connectivity index (χ1) is 10.2. The molecule has 0 bridgehead atoms. The van der Waals surface area contributed by atoms with E-state index in [1.165, 1.54) is 0 Å². The van der Waals surface area contributed by atoms with Crippen molar-refractivity contribution in [2.75, 3.05) is 11.9 Å². The minimum absolute atomic E-state index is 0.0939. The van der Waals surface area contributed by atoms with Gasteiger partial charge in [0.05, 0.1) is 0 Å². The molecule has 2 aromatic rings. The van der Waals surface area contributed by atoms with E-state index >= 15 is 0 Å². The average Bonchev–Trinajstić information content (AvgIpc) is 2.54. The molecule has 108 valence electrons. The third-order valence-electron chi connectivity index (χ3n) is 3.14. The van der Waals surface area contributed by atoms with Crippen molar-refractivity contribution >= 4 is 11.6 Å². The fourth-order valence-corrected chi connectivity index (χ4v) is 1.97. The molecule has 2 N–H and O–H groups in total. The van der Waals surface area contributed by atoms with E-state index in [0.717, 1.165) is 11.3 Å². The quantitative estimate of drug-likeness (QED) is 0.800. The fraction of sp³-hybridized carbons (Fsp3) is 0.176. The SMILES string of the molecule is C=CCNC(=O)c1ccc(NC(C)c2ccncc2)cc1. The Kier molecular flexibility index (Phi) is 5.10. The maximum absolute atomic E-state index is 11.8. The lowest BCUT2D eigenvalue weighted by atomic mass is 10.1. The zero-order valence-corrected chi connectivity index (χ0v) is 12.0. The lowest BCUT2D eigenvalue weighted by Crippen LogP contribution is -2.23. The number of pyridine rings is 1. The van der Waals surface area contributed by atoms with Crippen LogP contribution in [0.1, 0.15) is 28.9 Å². The number of nitrogens with zero attached hydrogens (tertiary/aromatic N) is 1. The number of rotatable bonds is 6. The van der Waals surface area contributed by atoms with Gasteiger partial charge in [0, 0.05) is 36.2 Å². The number of carbonyl (C=O) groups is 1. The number of nitrogens with one attached hydrogen (secondary N) is 2. The van der Waals surface area contributed by atoms with Gasteiger partial charge in [-0.25, -0.2) is 0 Å². The predicted octanol–water partition coefficient (Wildman–Crippen LogP) is 3.17. The lowest BCUT2D eigenvalue weighted by molar-refractivity contribution is 0.0958. The molecular formula is C17H19N3O. The van der Waals surface area contributed by atoms with E-state index < -0.39 is 0 Å². The Hall–Kier alpha value is -2.62. The second-order valence-corrected chi connectivity index (χ2v) is 4.72. The molecule has 1 aromatic carbocycles. The van der Waals surface area contributed by atoms with Gasteiger partial charge in [-0.3, -0.25) is 9.78 Å². The highest BCUT2D eigenvalue weighted by Gasteiger charge is 2.06. The normalized spacial score (nSPS) is 11.5. The third-order valence-corrected chi connectivity index (χ3v) is 3.14. The highest BCUT2D eigenvalue weighted by molar-refractivity contribution is 5.94. The highest BCUT2D eigenvalue weighted by atomic mass is 16.1. The molecule has 21 heavy (non-hydrogen) atoms. The van der Waals surface area contributed by atoms with Crippen LogP contribution in [0.15, 0.2) is 61.4 Å². The summed E-state index contributed by atoms with van der Waals surface area (Å²) in [6, 6.07) is 11.6. The zero-order valence-electron chi connectivity index (χ0n) is 12.0. The Morgan fingerprint density at radius 1 is 1.24 bits per heavy atom. The van der Waals surface area contributed by atoms with Crippen LogP contribution in [0.5, 0.6) is 0 Å². The Labute approximate surface area is 124 Å². The van der Waals surface area contributed by atoms with Crippen LogP contribution in [-0.4, -0.2) is 17.4 Å². The van der Waals surface area contributed by atoms with E-state index in [4.69, 9.17) is 0 Å². The summed E-state index contributed by atoms with van der Waals surface area (Å²) in [5.74, 6) is -0.0939. The minimum atomic E-state index is -0.0939. The first kappa shape index (κ1) is 14.8. The summed E-state index contributed by atoms with van der Waals surface area (Å²) >= 11 is 0. The van der Waals surface area contributed by atoms with Gasteiger partial charge in [0.15, 0.2) is 0 Å². The molecule has 1 aromatic heterocycles. The highest BCUT2D eigenvalue weighted by Crippen LogP contribution is 2.18.